The van der Waals surface area contributed by atoms with Crippen LogP contribution in [0.25, 0.3) is 11.1 Å². The van der Waals surface area contributed by atoms with Crippen LogP contribution in [0.15, 0.2) is 66.7 Å². The van der Waals surface area contributed by atoms with Gasteiger partial charge in [-0.15, -0.1) is 0 Å². The van der Waals surface area contributed by atoms with Crippen LogP contribution in [0, 0.1) is 0 Å². The number of rotatable bonds is 5. The van der Waals surface area contributed by atoms with Gasteiger partial charge < -0.3 is 20.0 Å². The summed E-state index contributed by atoms with van der Waals surface area (Å²) in [5.74, 6) is -1.86. The van der Waals surface area contributed by atoms with Crippen LogP contribution in [-0.2, 0) is 4.57 Å². The van der Waals surface area contributed by atoms with Gasteiger partial charge in [-0.1, -0.05) is 71.7 Å². The Kier molecular flexibility index (Phi) is 6.28. The zero-order chi connectivity index (χ0) is 20.5. The number of hydrogen-bond donors (Lipinski definition) is 4. The maximum atomic E-state index is 11.2. The first-order chi connectivity index (χ1) is 13.2. The van der Waals surface area contributed by atoms with Crippen LogP contribution in [0.1, 0.15) is 28.6 Å². The summed E-state index contributed by atoms with van der Waals surface area (Å²) in [6.45, 7) is 0. The van der Waals surface area contributed by atoms with Gasteiger partial charge >= 0.3 is 7.60 Å². The minimum atomic E-state index is -4.63. The predicted octanol–water partition coefficient (Wildman–Crippen LogP) is 4.91. The first kappa shape index (κ1) is 21.0. The van der Waals surface area contributed by atoms with Crippen molar-refractivity contribution in [3.63, 3.8) is 0 Å². The second-order valence-corrected chi connectivity index (χ2v) is 8.77. The average Bonchev–Trinajstić information content (AvgIpc) is 2.68. The normalized spacial score (nSPS) is 13.9. The largest absolute Gasteiger partial charge is 0.384 e. The van der Waals surface area contributed by atoms with E-state index in [1.807, 2.05) is 12.1 Å². The van der Waals surface area contributed by atoms with Crippen LogP contribution in [0.2, 0.25) is 10.0 Å². The van der Waals surface area contributed by atoms with Gasteiger partial charge in [0.25, 0.3) is 0 Å². The smallest absolute Gasteiger partial charge is 0.358 e. The third-order valence-corrected chi connectivity index (χ3v) is 6.00. The molecule has 5 nitrogen and oxygen atoms in total. The SMILES string of the molecule is O=P(O)(O)[C@@H](O)c1ccc(-c2cccc([C@@H](O)c3ccc(Cl)c(Cl)c3)c2)cc1. The van der Waals surface area contributed by atoms with Gasteiger partial charge in [0, 0.05) is 0 Å². The van der Waals surface area contributed by atoms with Crippen molar-refractivity contribution in [3.8, 4) is 11.1 Å². The van der Waals surface area contributed by atoms with Gasteiger partial charge in [-0.3, -0.25) is 4.57 Å². The summed E-state index contributed by atoms with van der Waals surface area (Å²) in [6, 6.07) is 18.4. The Balaban J connectivity index is 1.89. The molecule has 146 valence electrons. The Hall–Kier alpha value is -1.69. The Morgan fingerprint density at radius 1 is 0.714 bits per heavy atom. The van der Waals surface area contributed by atoms with Gasteiger partial charge in [-0.2, -0.15) is 0 Å². The molecule has 0 aliphatic rings. The molecular weight excluding hydrogens is 422 g/mol. The van der Waals surface area contributed by atoms with Crippen molar-refractivity contribution in [1.29, 1.82) is 0 Å². The van der Waals surface area contributed by atoms with E-state index in [1.165, 1.54) is 12.1 Å². The molecule has 0 saturated heterocycles. The lowest BCUT2D eigenvalue weighted by molar-refractivity contribution is 0.205. The molecule has 0 aliphatic heterocycles. The minimum Gasteiger partial charge on any atom is -0.384 e. The Bertz CT molecular complexity index is 1030. The molecule has 2 atom stereocenters. The molecule has 0 spiro atoms. The van der Waals surface area contributed by atoms with Gasteiger partial charge in [-0.25, -0.2) is 0 Å². The molecule has 0 bridgehead atoms. The molecule has 0 unspecified atom stereocenters. The number of aliphatic hydroxyl groups is 2. The maximum Gasteiger partial charge on any atom is 0.358 e. The highest BCUT2D eigenvalue weighted by atomic mass is 35.5. The maximum absolute atomic E-state index is 11.2. The second kappa shape index (κ2) is 8.36. The molecule has 3 aromatic carbocycles. The molecule has 0 radical (unpaired) electrons. The highest BCUT2D eigenvalue weighted by Gasteiger charge is 2.27. The molecule has 3 aromatic rings. The third-order valence-electron chi connectivity index (χ3n) is 4.32. The van der Waals surface area contributed by atoms with E-state index in [2.05, 4.69) is 0 Å². The van der Waals surface area contributed by atoms with Gasteiger partial charge in [0.15, 0.2) is 5.85 Å². The lowest BCUT2D eigenvalue weighted by Gasteiger charge is -2.15. The number of halogens is 2. The van der Waals surface area contributed by atoms with Gasteiger partial charge in [-0.05, 0) is 46.0 Å². The van der Waals surface area contributed by atoms with E-state index in [0.717, 1.165) is 11.1 Å². The Morgan fingerprint density at radius 3 is 1.93 bits per heavy atom. The van der Waals surface area contributed by atoms with Crippen molar-refractivity contribution in [1.82, 2.24) is 0 Å². The van der Waals surface area contributed by atoms with Crippen LogP contribution in [0.4, 0.5) is 0 Å². The summed E-state index contributed by atoms with van der Waals surface area (Å²) in [4.78, 5) is 18.2. The molecule has 0 aliphatic carbocycles. The molecular formula is C20H17Cl2O5P. The summed E-state index contributed by atoms with van der Waals surface area (Å²) in [5, 5.41) is 21.1. The Labute approximate surface area is 172 Å². The van der Waals surface area contributed by atoms with Crippen molar-refractivity contribution in [2.24, 2.45) is 0 Å². The van der Waals surface area contributed by atoms with Gasteiger partial charge in [0.2, 0.25) is 0 Å². The van der Waals surface area contributed by atoms with Crippen molar-refractivity contribution in [2.45, 2.75) is 11.9 Å². The van der Waals surface area contributed by atoms with E-state index in [-0.39, 0.29) is 5.56 Å². The molecule has 4 N–H and O–H groups in total. The van der Waals surface area contributed by atoms with Gasteiger partial charge in [0.05, 0.1) is 10.0 Å². The van der Waals surface area contributed by atoms with Gasteiger partial charge in [0.1, 0.15) is 6.10 Å². The molecule has 8 heteroatoms. The fraction of sp³-hybridized carbons (Fsp3) is 0.100. The molecule has 0 amide bonds. The highest BCUT2D eigenvalue weighted by Crippen LogP contribution is 2.49. The lowest BCUT2D eigenvalue weighted by Crippen LogP contribution is -2.00. The van der Waals surface area contributed by atoms with Crippen LogP contribution in [0.5, 0.6) is 0 Å². The number of benzene rings is 3. The Morgan fingerprint density at radius 2 is 1.32 bits per heavy atom. The van der Waals surface area contributed by atoms with Crippen LogP contribution < -0.4 is 0 Å². The van der Waals surface area contributed by atoms with E-state index in [9.17, 15) is 14.8 Å². The van der Waals surface area contributed by atoms with Crippen molar-refractivity contribution >= 4 is 30.8 Å². The first-order valence-electron chi connectivity index (χ1n) is 8.23. The molecule has 0 fully saturated rings. The topological polar surface area (TPSA) is 98.0 Å². The zero-order valence-electron chi connectivity index (χ0n) is 14.4. The molecule has 28 heavy (non-hydrogen) atoms. The van der Waals surface area contributed by atoms with E-state index in [1.54, 1.807) is 42.5 Å². The van der Waals surface area contributed by atoms with Crippen molar-refractivity contribution in [2.75, 3.05) is 0 Å². The summed E-state index contributed by atoms with van der Waals surface area (Å²) >= 11 is 11.9. The zero-order valence-corrected chi connectivity index (χ0v) is 16.8. The van der Waals surface area contributed by atoms with E-state index < -0.39 is 19.5 Å². The quantitative estimate of drug-likeness (QED) is 0.424. The monoisotopic (exact) mass is 438 g/mol. The van der Waals surface area contributed by atoms with Crippen LogP contribution >= 0.6 is 30.8 Å². The van der Waals surface area contributed by atoms with E-state index >= 15 is 0 Å². The van der Waals surface area contributed by atoms with Crippen LogP contribution in [-0.4, -0.2) is 20.0 Å². The molecule has 0 saturated carbocycles. The first-order valence-corrected chi connectivity index (χ1v) is 10.7. The second-order valence-electron chi connectivity index (χ2n) is 6.29. The summed E-state index contributed by atoms with van der Waals surface area (Å²) < 4.78 is 11.2. The van der Waals surface area contributed by atoms with Crippen molar-refractivity contribution < 1.29 is 24.6 Å². The summed E-state index contributed by atoms with van der Waals surface area (Å²) in [5.41, 5.74) is 2.95. The average molecular weight is 439 g/mol. The standard InChI is InChI=1S/C20H17Cl2O5P/c21-17-9-8-16(11-18(17)22)19(23)15-3-1-2-14(10-15)12-4-6-13(7-5-12)20(24)28(25,26)27/h1-11,19-20,23-24H,(H2,25,26,27)/t19-,20-/m1/s1. The molecule has 0 heterocycles. The number of aliphatic hydroxyl groups excluding tert-OH is 2. The molecule has 0 aromatic heterocycles. The third kappa shape index (κ3) is 4.65. The minimum absolute atomic E-state index is 0.129. The van der Waals surface area contributed by atoms with E-state index in [0.29, 0.717) is 21.2 Å². The fourth-order valence-electron chi connectivity index (χ4n) is 2.81. The van der Waals surface area contributed by atoms with Crippen LogP contribution in [0.3, 0.4) is 0 Å². The van der Waals surface area contributed by atoms with Crippen molar-refractivity contribution in [3.05, 3.63) is 93.5 Å². The highest BCUT2D eigenvalue weighted by molar-refractivity contribution is 7.51. The predicted molar refractivity (Wildman–Crippen MR) is 109 cm³/mol. The van der Waals surface area contributed by atoms with E-state index in [4.69, 9.17) is 33.0 Å². The summed E-state index contributed by atoms with van der Waals surface area (Å²) in [6.07, 6.45) is -0.898. The lowest BCUT2D eigenvalue weighted by atomic mass is 9.96. The number of hydrogen-bond acceptors (Lipinski definition) is 3. The summed E-state index contributed by atoms with van der Waals surface area (Å²) in [7, 11) is -4.63. The fourth-order valence-corrected chi connectivity index (χ4v) is 3.67. The molecule has 3 rings (SSSR count).